The molecule has 1 rings (SSSR count). The molecule has 0 spiro atoms. The number of piperazine rings is 1. The third-order valence-corrected chi connectivity index (χ3v) is 4.22. The largest absolute Gasteiger partial charge is 0.383 e. The Morgan fingerprint density at radius 1 is 1.38 bits per heavy atom. The van der Waals surface area contributed by atoms with Gasteiger partial charge in [0.05, 0.1) is 6.61 Å². The van der Waals surface area contributed by atoms with Crippen LogP contribution in [0.3, 0.4) is 0 Å². The van der Waals surface area contributed by atoms with Crippen molar-refractivity contribution in [2.45, 2.75) is 25.9 Å². The zero-order valence-corrected chi connectivity index (χ0v) is 15.8. The summed E-state index contributed by atoms with van der Waals surface area (Å²) in [5.41, 5.74) is 0. The molecule has 0 aliphatic carbocycles. The lowest BCUT2D eigenvalue weighted by atomic mass is 10.1. The number of aliphatic imine (C=N–C) groups is 1. The van der Waals surface area contributed by atoms with Crippen molar-refractivity contribution in [3.63, 3.8) is 0 Å². The van der Waals surface area contributed by atoms with E-state index >= 15 is 0 Å². The zero-order valence-electron chi connectivity index (χ0n) is 15.8. The normalized spacial score (nSPS) is 22.4. The number of hydrogen-bond donors (Lipinski definition) is 1. The lowest BCUT2D eigenvalue weighted by Gasteiger charge is -2.45. The zero-order chi connectivity index (χ0) is 18.1. The number of amides is 1. The predicted octanol–water partition coefficient (Wildman–Crippen LogP) is 0.247. The van der Waals surface area contributed by atoms with Crippen molar-refractivity contribution in [1.82, 2.24) is 20.0 Å². The Kier molecular flexibility index (Phi) is 8.78. The highest BCUT2D eigenvalue weighted by Crippen LogP contribution is 2.15. The summed E-state index contributed by atoms with van der Waals surface area (Å²) in [5, 5.41) is 3.28. The molecule has 1 aliphatic heterocycles. The molecule has 0 aromatic carbocycles. The third-order valence-electron chi connectivity index (χ3n) is 4.22. The summed E-state index contributed by atoms with van der Waals surface area (Å²) in [6, 6.07) is 0.786. The van der Waals surface area contributed by atoms with Gasteiger partial charge in [0.15, 0.2) is 5.96 Å². The Bertz CT molecular complexity index is 427. The molecule has 0 aromatic rings. The molecule has 0 aromatic heterocycles. The van der Waals surface area contributed by atoms with Gasteiger partial charge in [0.2, 0.25) is 5.91 Å². The van der Waals surface area contributed by atoms with E-state index in [1.165, 1.54) is 0 Å². The maximum absolute atomic E-state index is 11.8. The Morgan fingerprint density at radius 2 is 2.00 bits per heavy atom. The van der Waals surface area contributed by atoms with Crippen LogP contribution in [0, 0.1) is 0 Å². The molecule has 1 N–H and O–H groups in total. The van der Waals surface area contributed by atoms with E-state index in [-0.39, 0.29) is 12.5 Å². The van der Waals surface area contributed by atoms with Crippen molar-refractivity contribution < 1.29 is 9.53 Å². The minimum atomic E-state index is -0.00673. The quantitative estimate of drug-likeness (QED) is 0.409. The van der Waals surface area contributed by atoms with Crippen LogP contribution >= 0.6 is 0 Å². The standard InChI is InChI=1S/C17H33N5O2/c1-7-8-18-17(19-11-16(23)20(4)5)21-12-14(2)22(9-10-24-6)15(3)13-21/h7,14-15H,1,8-13H2,2-6H3,(H,18,19). The van der Waals surface area contributed by atoms with Gasteiger partial charge in [0.1, 0.15) is 6.54 Å². The molecule has 1 heterocycles. The van der Waals surface area contributed by atoms with E-state index < -0.39 is 0 Å². The third kappa shape index (κ3) is 6.13. The lowest BCUT2D eigenvalue weighted by Crippen LogP contribution is -2.60. The van der Waals surface area contributed by atoms with Gasteiger partial charge in [0.25, 0.3) is 0 Å². The number of likely N-dealkylation sites (N-methyl/N-ethyl adjacent to an activating group) is 1. The average molecular weight is 339 g/mol. The summed E-state index contributed by atoms with van der Waals surface area (Å²) < 4.78 is 5.21. The van der Waals surface area contributed by atoms with Crippen molar-refractivity contribution in [3.8, 4) is 0 Å². The van der Waals surface area contributed by atoms with E-state index in [1.54, 1.807) is 32.2 Å². The van der Waals surface area contributed by atoms with Gasteiger partial charge in [-0.3, -0.25) is 9.69 Å². The van der Waals surface area contributed by atoms with Crippen LogP contribution in [0.5, 0.6) is 0 Å². The Balaban J connectivity index is 2.78. The molecule has 0 radical (unpaired) electrons. The first kappa shape index (κ1) is 20.4. The van der Waals surface area contributed by atoms with Gasteiger partial charge >= 0.3 is 0 Å². The van der Waals surface area contributed by atoms with Gasteiger partial charge in [0, 0.05) is 59.5 Å². The highest BCUT2D eigenvalue weighted by molar-refractivity contribution is 5.85. The maximum atomic E-state index is 11.8. The van der Waals surface area contributed by atoms with Crippen LogP contribution in [-0.4, -0.2) is 99.2 Å². The summed E-state index contributed by atoms with van der Waals surface area (Å²) in [4.78, 5) is 22.6. The average Bonchev–Trinajstić information content (AvgIpc) is 2.53. The van der Waals surface area contributed by atoms with Crippen LogP contribution in [0.25, 0.3) is 0 Å². The molecule has 2 atom stereocenters. The van der Waals surface area contributed by atoms with E-state index in [9.17, 15) is 4.79 Å². The van der Waals surface area contributed by atoms with Crippen molar-refractivity contribution in [2.75, 3.05) is 60.5 Å². The second-order valence-corrected chi connectivity index (χ2v) is 6.43. The first-order chi connectivity index (χ1) is 11.4. The maximum Gasteiger partial charge on any atom is 0.243 e. The van der Waals surface area contributed by atoms with Crippen LogP contribution in [0.4, 0.5) is 0 Å². The molecule has 1 amide bonds. The minimum Gasteiger partial charge on any atom is -0.383 e. The van der Waals surface area contributed by atoms with Gasteiger partial charge in [-0.25, -0.2) is 4.99 Å². The van der Waals surface area contributed by atoms with Crippen LogP contribution in [-0.2, 0) is 9.53 Å². The number of carbonyl (C=O) groups excluding carboxylic acids is 1. The molecule has 0 bridgehead atoms. The van der Waals surface area contributed by atoms with Gasteiger partial charge in [-0.1, -0.05) is 6.08 Å². The highest BCUT2D eigenvalue weighted by Gasteiger charge is 2.30. The smallest absolute Gasteiger partial charge is 0.243 e. The minimum absolute atomic E-state index is 0.00673. The molecule has 0 saturated carbocycles. The van der Waals surface area contributed by atoms with E-state index in [4.69, 9.17) is 4.74 Å². The fourth-order valence-electron chi connectivity index (χ4n) is 2.88. The first-order valence-corrected chi connectivity index (χ1v) is 8.49. The van der Waals surface area contributed by atoms with Crippen molar-refractivity contribution in [1.29, 1.82) is 0 Å². The predicted molar refractivity (Wildman–Crippen MR) is 98.3 cm³/mol. The Morgan fingerprint density at radius 3 is 2.50 bits per heavy atom. The highest BCUT2D eigenvalue weighted by atomic mass is 16.5. The number of nitrogens with zero attached hydrogens (tertiary/aromatic N) is 4. The number of rotatable bonds is 7. The summed E-state index contributed by atoms with van der Waals surface area (Å²) in [6.07, 6.45) is 1.80. The second kappa shape index (κ2) is 10.3. The number of carbonyl (C=O) groups is 1. The van der Waals surface area contributed by atoms with Gasteiger partial charge in [-0.05, 0) is 13.8 Å². The van der Waals surface area contributed by atoms with Crippen LogP contribution in [0.2, 0.25) is 0 Å². The summed E-state index contributed by atoms with van der Waals surface area (Å²) in [6.45, 7) is 12.4. The van der Waals surface area contributed by atoms with Crippen LogP contribution in [0.15, 0.2) is 17.6 Å². The molecule has 7 nitrogen and oxygen atoms in total. The van der Waals surface area contributed by atoms with Crippen LogP contribution < -0.4 is 5.32 Å². The topological polar surface area (TPSA) is 60.4 Å². The van der Waals surface area contributed by atoms with Gasteiger partial charge in [-0.15, -0.1) is 6.58 Å². The molecular weight excluding hydrogens is 306 g/mol. The molecule has 1 aliphatic rings. The van der Waals surface area contributed by atoms with E-state index in [0.29, 0.717) is 18.6 Å². The van der Waals surface area contributed by atoms with Crippen molar-refractivity contribution in [3.05, 3.63) is 12.7 Å². The van der Waals surface area contributed by atoms with Crippen molar-refractivity contribution in [2.24, 2.45) is 4.99 Å². The van der Waals surface area contributed by atoms with E-state index in [1.807, 2.05) is 0 Å². The lowest BCUT2D eigenvalue weighted by molar-refractivity contribution is -0.127. The number of ether oxygens (including phenoxy) is 1. The molecule has 1 saturated heterocycles. The SMILES string of the molecule is C=CCNC(=NCC(=O)N(C)C)N1CC(C)N(CCOC)C(C)C1. The number of nitrogens with one attached hydrogen (secondary N) is 1. The monoisotopic (exact) mass is 339 g/mol. The fourth-order valence-corrected chi connectivity index (χ4v) is 2.88. The van der Waals surface area contributed by atoms with E-state index in [2.05, 4.69) is 40.5 Å². The molecule has 24 heavy (non-hydrogen) atoms. The summed E-state index contributed by atoms with van der Waals surface area (Å²) in [7, 11) is 5.22. The van der Waals surface area contributed by atoms with Crippen molar-refractivity contribution >= 4 is 11.9 Å². The molecule has 1 fully saturated rings. The molecule has 7 heteroatoms. The van der Waals surface area contributed by atoms with Gasteiger partial charge in [-0.2, -0.15) is 0 Å². The summed E-state index contributed by atoms with van der Waals surface area (Å²) in [5.74, 6) is 0.767. The summed E-state index contributed by atoms with van der Waals surface area (Å²) >= 11 is 0. The van der Waals surface area contributed by atoms with Crippen LogP contribution in [0.1, 0.15) is 13.8 Å². The Hall–Kier alpha value is -1.60. The number of hydrogen-bond acceptors (Lipinski definition) is 4. The first-order valence-electron chi connectivity index (χ1n) is 8.49. The number of methoxy groups -OCH3 is 1. The van der Waals surface area contributed by atoms with E-state index in [0.717, 1.165) is 32.2 Å². The number of guanidine groups is 1. The Labute approximate surface area is 146 Å². The fraction of sp³-hybridized carbons (Fsp3) is 0.765. The molecular formula is C17H33N5O2. The second-order valence-electron chi connectivity index (χ2n) is 6.43. The molecule has 138 valence electrons. The van der Waals surface area contributed by atoms with Gasteiger partial charge < -0.3 is 19.9 Å². The molecule has 2 unspecified atom stereocenters.